The van der Waals surface area contributed by atoms with Crippen LogP contribution in [0.3, 0.4) is 0 Å². The molecule has 0 aliphatic carbocycles. The lowest BCUT2D eigenvalue weighted by molar-refractivity contribution is 0.00689. The van der Waals surface area contributed by atoms with E-state index in [-0.39, 0.29) is 29.6 Å². The molecule has 0 bridgehead atoms. The number of aryl methyl sites for hydroxylation is 1. The standard InChI is InChI=1S/C39H40ClF3N10O6/c1-38(2,3)58-33(54)22-10-8-9-21(11-22)16-51-20-45-31(49-51)19-53-35(55)47-34(52(37(53)57)17-23-12-28(42)29(43)14-27(23)41)46-32-24(15-44-36(56)59-39(4,5)6)25-18-50(7)48-30(25)13-26(32)40/h8-14,18,20H,15-17,19H2,1-7H3,(H,44,56)(H,46,47,55). The molecule has 0 spiro atoms. The number of nitrogens with zero attached hydrogens (tertiary/aromatic N) is 8. The molecule has 0 saturated carbocycles. The number of esters is 1. The third-order valence-corrected chi connectivity index (χ3v) is 8.69. The summed E-state index contributed by atoms with van der Waals surface area (Å²) in [4.78, 5) is 61.5. The van der Waals surface area contributed by atoms with Crippen molar-refractivity contribution in [1.82, 2.24) is 44.0 Å². The Morgan fingerprint density at radius 3 is 2.29 bits per heavy atom. The van der Waals surface area contributed by atoms with Gasteiger partial charge in [0.05, 0.1) is 41.4 Å². The van der Waals surface area contributed by atoms with Crippen LogP contribution in [0.5, 0.6) is 0 Å². The van der Waals surface area contributed by atoms with E-state index in [1.54, 1.807) is 79.1 Å². The van der Waals surface area contributed by atoms with E-state index in [4.69, 9.17) is 21.1 Å². The molecule has 59 heavy (non-hydrogen) atoms. The Morgan fingerprint density at radius 1 is 0.864 bits per heavy atom. The molecule has 0 atom stereocenters. The van der Waals surface area contributed by atoms with Gasteiger partial charge in [-0.05, 0) is 71.4 Å². The number of amides is 1. The van der Waals surface area contributed by atoms with Gasteiger partial charge in [0, 0.05) is 42.4 Å². The minimum atomic E-state index is -1.45. The summed E-state index contributed by atoms with van der Waals surface area (Å²) in [5, 5.41) is 14.9. The summed E-state index contributed by atoms with van der Waals surface area (Å²) in [7, 11) is 1.67. The van der Waals surface area contributed by atoms with Gasteiger partial charge in [0.2, 0.25) is 5.95 Å². The molecular weight excluding hydrogens is 797 g/mol. The number of nitrogens with one attached hydrogen (secondary N) is 2. The lowest BCUT2D eigenvalue weighted by Crippen LogP contribution is -2.43. The number of ether oxygens (including phenoxy) is 2. The first-order valence-electron chi connectivity index (χ1n) is 18.1. The number of fused-ring (bicyclic) bond motifs is 1. The Morgan fingerprint density at radius 2 is 1.58 bits per heavy atom. The van der Waals surface area contributed by atoms with Gasteiger partial charge in [-0.2, -0.15) is 15.2 Å². The number of alkyl carbamates (subject to hydrolysis) is 1. The highest BCUT2D eigenvalue weighted by Gasteiger charge is 2.24. The van der Waals surface area contributed by atoms with E-state index in [0.29, 0.717) is 44.3 Å². The van der Waals surface area contributed by atoms with Crippen molar-refractivity contribution in [3.05, 3.63) is 127 Å². The number of aromatic nitrogens is 8. The minimum Gasteiger partial charge on any atom is -0.456 e. The Bertz CT molecular complexity index is 2710. The predicted molar refractivity (Wildman–Crippen MR) is 210 cm³/mol. The van der Waals surface area contributed by atoms with Crippen LogP contribution in [0.2, 0.25) is 5.02 Å². The van der Waals surface area contributed by atoms with Gasteiger partial charge in [0.15, 0.2) is 17.5 Å². The molecule has 6 aromatic rings. The molecule has 0 aliphatic heterocycles. The highest BCUT2D eigenvalue weighted by atomic mass is 35.5. The normalized spacial score (nSPS) is 11.8. The van der Waals surface area contributed by atoms with Crippen molar-refractivity contribution in [2.24, 2.45) is 7.05 Å². The lowest BCUT2D eigenvalue weighted by Gasteiger charge is -2.21. The van der Waals surface area contributed by atoms with Crippen LogP contribution in [0, 0.1) is 17.5 Å². The monoisotopic (exact) mass is 836 g/mol. The fourth-order valence-corrected chi connectivity index (χ4v) is 6.19. The highest BCUT2D eigenvalue weighted by Crippen LogP contribution is 2.35. The maximum atomic E-state index is 15.1. The minimum absolute atomic E-state index is 0.0149. The molecule has 0 unspecified atom stereocenters. The molecule has 0 radical (unpaired) electrons. The third-order valence-electron chi connectivity index (χ3n) is 8.39. The Labute approximate surface area is 339 Å². The SMILES string of the molecule is Cn1cc2c(CNC(=O)OC(C)(C)C)c(Nc3nc(=O)n(Cc4ncn(Cc5cccc(C(=O)OC(C)(C)C)c5)n4)c(=O)n3Cc3cc(F)c(F)cc3F)c(Cl)cc2n1. The molecule has 3 aromatic heterocycles. The van der Waals surface area contributed by atoms with Gasteiger partial charge in [0.25, 0.3) is 0 Å². The number of hydrogen-bond donors (Lipinski definition) is 2. The van der Waals surface area contributed by atoms with Gasteiger partial charge in [0.1, 0.15) is 23.3 Å². The van der Waals surface area contributed by atoms with Crippen LogP contribution in [0.4, 0.5) is 29.6 Å². The number of benzene rings is 3. The summed E-state index contributed by atoms with van der Waals surface area (Å²) in [5.41, 5.74) is -2.20. The molecule has 3 heterocycles. The van der Waals surface area contributed by atoms with Gasteiger partial charge in [-0.1, -0.05) is 23.7 Å². The smallest absolute Gasteiger partial charge is 0.407 e. The Balaban J connectivity index is 1.37. The van der Waals surface area contributed by atoms with E-state index in [2.05, 4.69) is 30.8 Å². The van der Waals surface area contributed by atoms with Gasteiger partial charge < -0.3 is 20.1 Å². The van der Waals surface area contributed by atoms with Crippen molar-refractivity contribution in [2.45, 2.75) is 78.9 Å². The van der Waals surface area contributed by atoms with Gasteiger partial charge in [-0.3, -0.25) is 9.25 Å². The molecule has 0 saturated heterocycles. The fraction of sp³-hybridized carbons (Fsp3) is 0.333. The largest absolute Gasteiger partial charge is 0.456 e. The van der Waals surface area contributed by atoms with E-state index in [1.807, 2.05) is 0 Å². The van der Waals surface area contributed by atoms with Crippen molar-refractivity contribution in [3.8, 4) is 0 Å². The van der Waals surface area contributed by atoms with E-state index < -0.39 is 76.7 Å². The zero-order valence-corrected chi connectivity index (χ0v) is 33.8. The van der Waals surface area contributed by atoms with Crippen molar-refractivity contribution >= 4 is 46.2 Å². The Hall–Kier alpha value is -6.50. The molecular formula is C39H40ClF3N10O6. The summed E-state index contributed by atoms with van der Waals surface area (Å²) in [6, 6.07) is 9.14. The number of carbonyl (C=O) groups excluding carboxylic acids is 2. The average molecular weight is 837 g/mol. The van der Waals surface area contributed by atoms with E-state index >= 15 is 4.39 Å². The van der Waals surface area contributed by atoms with Crippen molar-refractivity contribution in [2.75, 3.05) is 5.32 Å². The van der Waals surface area contributed by atoms with Gasteiger partial charge in [-0.25, -0.2) is 46.6 Å². The van der Waals surface area contributed by atoms with Crippen molar-refractivity contribution in [3.63, 3.8) is 0 Å². The zero-order chi connectivity index (χ0) is 43.0. The maximum Gasteiger partial charge on any atom is 0.407 e. The first-order chi connectivity index (χ1) is 27.6. The van der Waals surface area contributed by atoms with Gasteiger partial charge in [-0.15, -0.1) is 0 Å². The number of anilines is 2. The van der Waals surface area contributed by atoms with Crippen molar-refractivity contribution < 1.29 is 32.2 Å². The predicted octanol–water partition coefficient (Wildman–Crippen LogP) is 5.82. The number of halogens is 4. The fourth-order valence-electron chi connectivity index (χ4n) is 5.92. The third kappa shape index (κ3) is 10.2. The zero-order valence-electron chi connectivity index (χ0n) is 33.1. The van der Waals surface area contributed by atoms with Crippen LogP contribution in [-0.2, 0) is 42.7 Å². The van der Waals surface area contributed by atoms with Gasteiger partial charge >= 0.3 is 23.4 Å². The molecule has 310 valence electrons. The molecule has 0 fully saturated rings. The van der Waals surface area contributed by atoms with Crippen LogP contribution in [0.1, 0.15) is 74.4 Å². The Kier molecular flexibility index (Phi) is 11.7. The van der Waals surface area contributed by atoms with Crippen LogP contribution < -0.4 is 22.0 Å². The molecule has 1 amide bonds. The first-order valence-corrected chi connectivity index (χ1v) is 18.5. The first kappa shape index (κ1) is 42.1. The van der Waals surface area contributed by atoms with E-state index in [0.717, 1.165) is 4.57 Å². The van der Waals surface area contributed by atoms with Crippen molar-refractivity contribution in [1.29, 1.82) is 0 Å². The lowest BCUT2D eigenvalue weighted by atomic mass is 10.1. The summed E-state index contributed by atoms with van der Waals surface area (Å²) >= 11 is 6.75. The molecule has 0 aliphatic rings. The molecule has 3 aromatic carbocycles. The van der Waals surface area contributed by atoms with Crippen LogP contribution >= 0.6 is 11.6 Å². The number of carbonyl (C=O) groups is 2. The quantitative estimate of drug-likeness (QED) is 0.119. The van der Waals surface area contributed by atoms with Crippen LogP contribution in [0.15, 0.2) is 64.6 Å². The molecule has 16 nitrogen and oxygen atoms in total. The summed E-state index contributed by atoms with van der Waals surface area (Å²) in [6.07, 6.45) is 2.27. The number of hydrogen-bond acceptors (Lipinski definition) is 11. The molecule has 20 heteroatoms. The van der Waals surface area contributed by atoms with Crippen LogP contribution in [-0.4, -0.2) is 61.9 Å². The van der Waals surface area contributed by atoms with E-state index in [1.165, 1.54) is 21.8 Å². The summed E-state index contributed by atoms with van der Waals surface area (Å²) < 4.78 is 58.8. The second kappa shape index (κ2) is 16.4. The molecule has 2 N–H and O–H groups in total. The summed E-state index contributed by atoms with van der Waals surface area (Å²) in [6.45, 7) is 9.11. The molecule has 6 rings (SSSR count). The average Bonchev–Trinajstić information content (AvgIpc) is 3.73. The second-order valence-electron chi connectivity index (χ2n) is 15.5. The summed E-state index contributed by atoms with van der Waals surface area (Å²) in [5.74, 6) is -4.94. The second-order valence-corrected chi connectivity index (χ2v) is 15.9. The number of rotatable bonds is 11. The van der Waals surface area contributed by atoms with E-state index in [9.17, 15) is 28.0 Å². The van der Waals surface area contributed by atoms with Crippen LogP contribution in [0.25, 0.3) is 10.9 Å². The maximum absolute atomic E-state index is 15.1. The highest BCUT2D eigenvalue weighted by molar-refractivity contribution is 6.34. The topological polar surface area (TPSA) is 182 Å².